The van der Waals surface area contributed by atoms with Gasteiger partial charge in [-0.05, 0) is 31.0 Å². The van der Waals surface area contributed by atoms with Gasteiger partial charge in [-0.1, -0.05) is 13.8 Å². The molecule has 0 spiro atoms. The number of amides is 1. The van der Waals surface area contributed by atoms with Gasteiger partial charge in [0.1, 0.15) is 5.56 Å². The number of rotatable bonds is 5. The summed E-state index contributed by atoms with van der Waals surface area (Å²) in [6.45, 7) is 7.46. The van der Waals surface area contributed by atoms with Crippen molar-refractivity contribution in [3.63, 3.8) is 0 Å². The fraction of sp³-hybridized carbons (Fsp3) is 0.538. The number of aromatic amines is 1. The third kappa shape index (κ3) is 3.43. The highest BCUT2D eigenvalue weighted by Crippen LogP contribution is 2.15. The van der Waals surface area contributed by atoms with E-state index in [9.17, 15) is 9.59 Å². The summed E-state index contributed by atoms with van der Waals surface area (Å²) in [4.78, 5) is 28.0. The van der Waals surface area contributed by atoms with Gasteiger partial charge in [0.2, 0.25) is 0 Å². The fourth-order valence-electron chi connectivity index (χ4n) is 1.67. The van der Waals surface area contributed by atoms with E-state index in [0.717, 1.165) is 0 Å². The topological polar surface area (TPSA) is 79.2 Å². The summed E-state index contributed by atoms with van der Waals surface area (Å²) in [7, 11) is 0. The van der Waals surface area contributed by atoms with Crippen LogP contribution < -0.4 is 11.3 Å². The predicted octanol–water partition coefficient (Wildman–Crippen LogP) is 0.822. The SMILES string of the molecule is CCN(CC(C)(C)CN)C(=O)c1ccc[nH]c1=O. The van der Waals surface area contributed by atoms with Crippen LogP contribution in [0.25, 0.3) is 0 Å². The molecule has 3 N–H and O–H groups in total. The lowest BCUT2D eigenvalue weighted by Gasteiger charge is -2.30. The highest BCUT2D eigenvalue weighted by atomic mass is 16.2. The van der Waals surface area contributed by atoms with Crippen LogP contribution in [0.15, 0.2) is 23.1 Å². The van der Waals surface area contributed by atoms with Crippen molar-refractivity contribution in [3.05, 3.63) is 34.2 Å². The van der Waals surface area contributed by atoms with Gasteiger partial charge in [0.25, 0.3) is 11.5 Å². The highest BCUT2D eigenvalue weighted by molar-refractivity contribution is 5.93. The second kappa shape index (κ2) is 5.82. The summed E-state index contributed by atoms with van der Waals surface area (Å²) < 4.78 is 0. The number of nitrogens with one attached hydrogen (secondary N) is 1. The average molecular weight is 251 g/mol. The average Bonchev–Trinajstić information content (AvgIpc) is 2.36. The first-order valence-corrected chi connectivity index (χ1v) is 6.08. The summed E-state index contributed by atoms with van der Waals surface area (Å²) in [6.07, 6.45) is 1.51. The first kappa shape index (κ1) is 14.4. The number of hydrogen-bond donors (Lipinski definition) is 2. The number of nitrogens with two attached hydrogens (primary N) is 1. The van der Waals surface area contributed by atoms with Crippen molar-refractivity contribution in [1.29, 1.82) is 0 Å². The van der Waals surface area contributed by atoms with Crippen LogP contribution in [0, 0.1) is 5.41 Å². The van der Waals surface area contributed by atoms with E-state index in [-0.39, 0.29) is 22.4 Å². The van der Waals surface area contributed by atoms with Gasteiger partial charge in [0.05, 0.1) is 0 Å². The number of hydrogen-bond acceptors (Lipinski definition) is 3. The Kier molecular flexibility index (Phi) is 4.67. The highest BCUT2D eigenvalue weighted by Gasteiger charge is 2.24. The standard InChI is InChI=1S/C13H21N3O2/c1-4-16(9-13(2,3)8-14)12(18)10-6-5-7-15-11(10)17/h5-7H,4,8-9,14H2,1-3H3,(H,15,17). The van der Waals surface area contributed by atoms with E-state index < -0.39 is 0 Å². The minimum Gasteiger partial charge on any atom is -0.338 e. The lowest BCUT2D eigenvalue weighted by Crippen LogP contribution is -2.43. The molecule has 1 amide bonds. The Bertz CT molecular complexity index is 465. The van der Waals surface area contributed by atoms with Gasteiger partial charge in [0, 0.05) is 19.3 Å². The van der Waals surface area contributed by atoms with Crippen molar-refractivity contribution in [1.82, 2.24) is 9.88 Å². The van der Waals surface area contributed by atoms with Crippen LogP contribution in [0.3, 0.4) is 0 Å². The Morgan fingerprint density at radius 1 is 1.50 bits per heavy atom. The largest absolute Gasteiger partial charge is 0.338 e. The summed E-state index contributed by atoms with van der Waals surface area (Å²) in [5.41, 5.74) is 5.33. The molecular formula is C13H21N3O2. The summed E-state index contributed by atoms with van der Waals surface area (Å²) in [6, 6.07) is 3.19. The molecule has 0 saturated heterocycles. The lowest BCUT2D eigenvalue weighted by molar-refractivity contribution is 0.0699. The molecule has 18 heavy (non-hydrogen) atoms. The Morgan fingerprint density at radius 2 is 2.17 bits per heavy atom. The van der Waals surface area contributed by atoms with Gasteiger partial charge >= 0.3 is 0 Å². The van der Waals surface area contributed by atoms with Gasteiger partial charge in [-0.2, -0.15) is 0 Å². The molecule has 0 aliphatic rings. The Morgan fingerprint density at radius 3 is 2.67 bits per heavy atom. The zero-order valence-corrected chi connectivity index (χ0v) is 11.2. The lowest BCUT2D eigenvalue weighted by atomic mass is 9.93. The molecule has 1 rings (SSSR count). The number of nitrogens with zero attached hydrogens (tertiary/aromatic N) is 1. The molecule has 0 fully saturated rings. The molecule has 100 valence electrons. The summed E-state index contributed by atoms with van der Waals surface area (Å²) in [5.74, 6) is -0.249. The number of H-pyrrole nitrogens is 1. The molecule has 1 aromatic rings. The third-order valence-corrected chi connectivity index (χ3v) is 2.89. The second-order valence-corrected chi connectivity index (χ2v) is 5.10. The van der Waals surface area contributed by atoms with Crippen LogP contribution in [0.2, 0.25) is 0 Å². The second-order valence-electron chi connectivity index (χ2n) is 5.10. The first-order chi connectivity index (χ1) is 8.41. The van der Waals surface area contributed by atoms with E-state index in [1.54, 1.807) is 17.0 Å². The molecule has 0 atom stereocenters. The zero-order chi connectivity index (χ0) is 13.8. The van der Waals surface area contributed by atoms with Crippen molar-refractivity contribution >= 4 is 5.91 Å². The van der Waals surface area contributed by atoms with E-state index in [1.807, 2.05) is 20.8 Å². The minimum absolute atomic E-state index is 0.160. The molecule has 0 aromatic carbocycles. The van der Waals surface area contributed by atoms with Crippen LogP contribution in [0.4, 0.5) is 0 Å². The van der Waals surface area contributed by atoms with E-state index in [2.05, 4.69) is 4.98 Å². The molecule has 0 aliphatic carbocycles. The molecule has 0 unspecified atom stereocenters. The normalized spacial score (nSPS) is 11.3. The van der Waals surface area contributed by atoms with E-state index in [1.165, 1.54) is 6.20 Å². The monoisotopic (exact) mass is 251 g/mol. The molecule has 1 heterocycles. The van der Waals surface area contributed by atoms with Gasteiger partial charge < -0.3 is 15.6 Å². The Hall–Kier alpha value is -1.62. The molecule has 0 aliphatic heterocycles. The molecule has 5 nitrogen and oxygen atoms in total. The van der Waals surface area contributed by atoms with Gasteiger partial charge in [-0.15, -0.1) is 0 Å². The van der Waals surface area contributed by atoms with Gasteiger partial charge in [-0.3, -0.25) is 9.59 Å². The van der Waals surface area contributed by atoms with Crippen molar-refractivity contribution < 1.29 is 4.79 Å². The van der Waals surface area contributed by atoms with Crippen molar-refractivity contribution in [3.8, 4) is 0 Å². The van der Waals surface area contributed by atoms with E-state index >= 15 is 0 Å². The third-order valence-electron chi connectivity index (χ3n) is 2.89. The fourth-order valence-corrected chi connectivity index (χ4v) is 1.67. The van der Waals surface area contributed by atoms with E-state index in [4.69, 9.17) is 5.73 Å². The van der Waals surface area contributed by atoms with Crippen molar-refractivity contribution in [2.45, 2.75) is 20.8 Å². The molecule has 0 saturated carbocycles. The van der Waals surface area contributed by atoms with Crippen LogP contribution >= 0.6 is 0 Å². The molecule has 5 heteroatoms. The Labute approximate surface area is 107 Å². The number of aromatic nitrogens is 1. The quantitative estimate of drug-likeness (QED) is 0.813. The molecular weight excluding hydrogens is 230 g/mol. The smallest absolute Gasteiger partial charge is 0.260 e. The van der Waals surface area contributed by atoms with Crippen molar-refractivity contribution in [2.24, 2.45) is 11.1 Å². The number of pyridine rings is 1. The predicted molar refractivity (Wildman–Crippen MR) is 71.5 cm³/mol. The summed E-state index contributed by atoms with van der Waals surface area (Å²) in [5, 5.41) is 0. The van der Waals surface area contributed by atoms with Crippen molar-refractivity contribution in [2.75, 3.05) is 19.6 Å². The molecule has 0 radical (unpaired) electrons. The van der Waals surface area contributed by atoms with Gasteiger partial charge in [0.15, 0.2) is 0 Å². The van der Waals surface area contributed by atoms with Crippen LogP contribution in [0.5, 0.6) is 0 Å². The minimum atomic E-state index is -0.355. The maximum Gasteiger partial charge on any atom is 0.260 e. The van der Waals surface area contributed by atoms with Crippen LogP contribution in [-0.2, 0) is 0 Å². The van der Waals surface area contributed by atoms with E-state index in [0.29, 0.717) is 19.6 Å². The summed E-state index contributed by atoms with van der Waals surface area (Å²) >= 11 is 0. The molecule has 1 aromatic heterocycles. The first-order valence-electron chi connectivity index (χ1n) is 6.08. The van der Waals surface area contributed by atoms with Crippen LogP contribution in [-0.4, -0.2) is 35.4 Å². The van der Waals surface area contributed by atoms with Gasteiger partial charge in [-0.25, -0.2) is 0 Å². The number of carbonyl (C=O) groups excluding carboxylic acids is 1. The maximum absolute atomic E-state index is 12.3. The Balaban J connectivity index is 2.94. The number of carbonyl (C=O) groups is 1. The molecule has 0 bridgehead atoms. The zero-order valence-electron chi connectivity index (χ0n) is 11.2. The van der Waals surface area contributed by atoms with Crippen LogP contribution in [0.1, 0.15) is 31.1 Å². The maximum atomic E-state index is 12.3.